The van der Waals surface area contributed by atoms with Gasteiger partial charge < -0.3 is 4.42 Å². The summed E-state index contributed by atoms with van der Waals surface area (Å²) >= 11 is 0. The van der Waals surface area contributed by atoms with Gasteiger partial charge in [0, 0.05) is 32.9 Å². The number of aromatic nitrogens is 2. The minimum absolute atomic E-state index is 0.135. The van der Waals surface area contributed by atoms with Crippen molar-refractivity contribution in [1.82, 2.24) is 9.97 Å². The molecule has 3 nitrogen and oxygen atoms in total. The van der Waals surface area contributed by atoms with E-state index in [2.05, 4.69) is 214 Å². The molecule has 0 saturated heterocycles. The van der Waals surface area contributed by atoms with Crippen molar-refractivity contribution < 1.29 is 4.42 Å². The molecule has 12 aromatic rings. The summed E-state index contributed by atoms with van der Waals surface area (Å²) in [6, 6.07) is 78.6. The van der Waals surface area contributed by atoms with E-state index in [1.54, 1.807) is 0 Å². The van der Waals surface area contributed by atoms with Crippen LogP contribution in [-0.2, 0) is 5.41 Å². The Morgan fingerprint density at radius 2 is 0.939 bits per heavy atom. The third-order valence-electron chi connectivity index (χ3n) is 13.9. The van der Waals surface area contributed by atoms with Gasteiger partial charge in [-0.1, -0.05) is 178 Å². The second kappa shape index (κ2) is 14.8. The van der Waals surface area contributed by atoms with Gasteiger partial charge in [0.15, 0.2) is 5.82 Å². The van der Waals surface area contributed by atoms with Gasteiger partial charge in [0.2, 0.25) is 0 Å². The maximum Gasteiger partial charge on any atom is 0.160 e. The SMILES string of the molecule is CC1(C)c2cc3ccccc3cc2-c2c(-c3ccc(-c4cc(-c5cc(-c6ccccc6)cc(-c6ccc7oc8ccccc8c7c6)c5)nc(-c5ccccc5)n4)c4ccccc34)cccc21. The molecule has 0 spiro atoms. The van der Waals surface area contributed by atoms with Gasteiger partial charge in [-0.25, -0.2) is 9.97 Å². The number of benzene rings is 10. The van der Waals surface area contributed by atoms with Crippen molar-refractivity contribution in [2.24, 2.45) is 0 Å². The zero-order valence-corrected chi connectivity index (χ0v) is 36.6. The zero-order chi connectivity index (χ0) is 43.9. The Balaban J connectivity index is 1.01. The van der Waals surface area contributed by atoms with E-state index in [4.69, 9.17) is 14.4 Å². The van der Waals surface area contributed by atoms with Crippen LogP contribution in [0.25, 0.3) is 122 Å². The molecule has 0 amide bonds. The Morgan fingerprint density at radius 3 is 1.73 bits per heavy atom. The molecular formula is C63H42N2O. The number of fused-ring (bicyclic) bond motifs is 8. The lowest BCUT2D eigenvalue weighted by atomic mass is 9.81. The average molecular weight is 843 g/mol. The van der Waals surface area contributed by atoms with Crippen LogP contribution in [0.1, 0.15) is 25.0 Å². The predicted octanol–water partition coefficient (Wildman–Crippen LogP) is 17.0. The first-order chi connectivity index (χ1) is 32.4. The van der Waals surface area contributed by atoms with Crippen molar-refractivity contribution in [3.63, 3.8) is 0 Å². The molecule has 10 aromatic carbocycles. The largest absolute Gasteiger partial charge is 0.456 e. The average Bonchev–Trinajstić information content (AvgIpc) is 3.86. The fraction of sp³-hybridized carbons (Fsp3) is 0.0476. The fourth-order valence-corrected chi connectivity index (χ4v) is 10.5. The van der Waals surface area contributed by atoms with Gasteiger partial charge in [0.05, 0.1) is 11.4 Å². The standard InChI is InChI=1S/C63H42N2O/c1-63(2)55-26-15-25-52(61(55)54-36-41-20-9-10-21-42(41)37-56(54)63)49-29-30-50(48-23-12-11-22-47(48)49)58-38-57(64-62(65-58)40-18-7-4-8-19-40)46-33-44(39-16-5-3-6-17-39)32-45(34-46)43-28-31-60-53(35-43)51-24-13-14-27-59(51)66-60/h3-38H,1-2H3. The van der Waals surface area contributed by atoms with Crippen LogP contribution < -0.4 is 0 Å². The summed E-state index contributed by atoms with van der Waals surface area (Å²) in [5.41, 5.74) is 18.7. The molecule has 0 saturated carbocycles. The van der Waals surface area contributed by atoms with Crippen LogP contribution in [0, 0.1) is 0 Å². The molecule has 0 bridgehead atoms. The molecule has 13 rings (SSSR count). The van der Waals surface area contributed by atoms with Crippen molar-refractivity contribution >= 4 is 43.5 Å². The lowest BCUT2D eigenvalue weighted by Gasteiger charge is -2.22. The quantitative estimate of drug-likeness (QED) is 0.167. The van der Waals surface area contributed by atoms with Crippen LogP contribution in [0.5, 0.6) is 0 Å². The van der Waals surface area contributed by atoms with E-state index in [0.29, 0.717) is 5.82 Å². The monoisotopic (exact) mass is 842 g/mol. The van der Waals surface area contributed by atoms with E-state index >= 15 is 0 Å². The minimum Gasteiger partial charge on any atom is -0.456 e. The van der Waals surface area contributed by atoms with E-state index < -0.39 is 0 Å². The summed E-state index contributed by atoms with van der Waals surface area (Å²) in [4.78, 5) is 10.8. The molecule has 0 radical (unpaired) electrons. The molecule has 0 atom stereocenters. The van der Waals surface area contributed by atoms with E-state index in [0.717, 1.165) is 77.7 Å². The second-order valence-electron chi connectivity index (χ2n) is 18.1. The van der Waals surface area contributed by atoms with Crippen molar-refractivity contribution in [3.8, 4) is 78.4 Å². The summed E-state index contributed by atoms with van der Waals surface area (Å²) in [6.45, 7) is 4.74. The highest BCUT2D eigenvalue weighted by molar-refractivity contribution is 6.09. The van der Waals surface area contributed by atoms with Gasteiger partial charge in [-0.05, 0) is 132 Å². The Morgan fingerprint density at radius 1 is 0.333 bits per heavy atom. The molecule has 310 valence electrons. The van der Waals surface area contributed by atoms with Crippen molar-refractivity contribution in [3.05, 3.63) is 230 Å². The highest BCUT2D eigenvalue weighted by Gasteiger charge is 2.37. The van der Waals surface area contributed by atoms with Crippen molar-refractivity contribution in [2.75, 3.05) is 0 Å². The molecule has 2 heterocycles. The van der Waals surface area contributed by atoms with Crippen LogP contribution in [-0.4, -0.2) is 9.97 Å². The molecule has 3 heteroatoms. The van der Waals surface area contributed by atoms with Gasteiger partial charge in [0.1, 0.15) is 11.2 Å². The predicted molar refractivity (Wildman–Crippen MR) is 275 cm³/mol. The zero-order valence-electron chi connectivity index (χ0n) is 36.6. The maximum atomic E-state index is 6.24. The van der Waals surface area contributed by atoms with Crippen LogP contribution in [0.15, 0.2) is 223 Å². The van der Waals surface area contributed by atoms with Crippen molar-refractivity contribution in [2.45, 2.75) is 19.3 Å². The molecule has 0 fully saturated rings. The molecule has 1 aliphatic rings. The molecule has 1 aliphatic carbocycles. The molecule has 0 N–H and O–H groups in total. The van der Waals surface area contributed by atoms with Gasteiger partial charge in [-0.3, -0.25) is 0 Å². The van der Waals surface area contributed by atoms with Gasteiger partial charge in [-0.2, -0.15) is 0 Å². The molecule has 0 aliphatic heterocycles. The van der Waals surface area contributed by atoms with Crippen LogP contribution in [0.3, 0.4) is 0 Å². The third kappa shape index (κ3) is 6.12. The first kappa shape index (κ1) is 38.1. The van der Waals surface area contributed by atoms with E-state index in [-0.39, 0.29) is 5.41 Å². The van der Waals surface area contributed by atoms with Crippen LogP contribution >= 0.6 is 0 Å². The summed E-state index contributed by atoms with van der Waals surface area (Å²) in [6.07, 6.45) is 0. The molecule has 0 unspecified atom stereocenters. The van der Waals surface area contributed by atoms with Crippen LogP contribution in [0.2, 0.25) is 0 Å². The Kier molecular flexibility index (Phi) is 8.56. The molecule has 66 heavy (non-hydrogen) atoms. The number of hydrogen-bond acceptors (Lipinski definition) is 3. The number of rotatable bonds is 6. The lowest BCUT2D eigenvalue weighted by molar-refractivity contribution is 0.661. The fourth-order valence-electron chi connectivity index (χ4n) is 10.5. The number of hydrogen-bond donors (Lipinski definition) is 0. The number of nitrogens with zero attached hydrogens (tertiary/aromatic N) is 2. The smallest absolute Gasteiger partial charge is 0.160 e. The Labute approximate surface area is 383 Å². The summed E-state index contributed by atoms with van der Waals surface area (Å²) in [5, 5.41) is 7.08. The Bertz CT molecular complexity index is 3900. The maximum absolute atomic E-state index is 6.24. The highest BCUT2D eigenvalue weighted by Crippen LogP contribution is 2.54. The normalized spacial score (nSPS) is 12.8. The highest BCUT2D eigenvalue weighted by atomic mass is 16.3. The van der Waals surface area contributed by atoms with E-state index in [1.165, 1.54) is 49.5 Å². The first-order valence-corrected chi connectivity index (χ1v) is 22.7. The van der Waals surface area contributed by atoms with Gasteiger partial charge in [0.25, 0.3) is 0 Å². The lowest BCUT2D eigenvalue weighted by Crippen LogP contribution is -2.14. The molecular weight excluding hydrogens is 801 g/mol. The van der Waals surface area contributed by atoms with Crippen LogP contribution in [0.4, 0.5) is 0 Å². The topological polar surface area (TPSA) is 38.9 Å². The first-order valence-electron chi connectivity index (χ1n) is 22.7. The molecule has 2 aromatic heterocycles. The second-order valence-corrected chi connectivity index (χ2v) is 18.1. The van der Waals surface area contributed by atoms with Crippen molar-refractivity contribution in [1.29, 1.82) is 0 Å². The van der Waals surface area contributed by atoms with E-state index in [9.17, 15) is 0 Å². The number of furan rings is 1. The van der Waals surface area contributed by atoms with Gasteiger partial charge >= 0.3 is 0 Å². The third-order valence-corrected chi connectivity index (χ3v) is 13.9. The Hall–Kier alpha value is -8.40. The van der Waals surface area contributed by atoms with Gasteiger partial charge in [-0.15, -0.1) is 0 Å². The summed E-state index contributed by atoms with van der Waals surface area (Å²) in [7, 11) is 0. The summed E-state index contributed by atoms with van der Waals surface area (Å²) < 4.78 is 6.24. The van der Waals surface area contributed by atoms with E-state index in [1.807, 2.05) is 18.2 Å². The minimum atomic E-state index is -0.135. The summed E-state index contributed by atoms with van der Waals surface area (Å²) in [5.74, 6) is 0.682. The number of para-hydroxylation sites is 1.